The van der Waals surface area contributed by atoms with E-state index in [1.165, 1.54) is 12.8 Å². The molecule has 1 N–H and O–H groups in total. The summed E-state index contributed by atoms with van der Waals surface area (Å²) in [6.07, 6.45) is 2.90. The van der Waals surface area contributed by atoms with Crippen molar-refractivity contribution in [3.63, 3.8) is 0 Å². The number of carbonyl (C=O) groups is 1. The Morgan fingerprint density at radius 1 is 1.15 bits per heavy atom. The predicted molar refractivity (Wildman–Crippen MR) is 103 cm³/mol. The number of piperidine rings is 1. The molecule has 0 aliphatic carbocycles. The van der Waals surface area contributed by atoms with Gasteiger partial charge >= 0.3 is 0 Å². The highest BCUT2D eigenvalue weighted by molar-refractivity contribution is 6.42. The van der Waals surface area contributed by atoms with Gasteiger partial charge in [-0.1, -0.05) is 29.3 Å². The lowest BCUT2D eigenvalue weighted by Gasteiger charge is -2.50. The van der Waals surface area contributed by atoms with E-state index >= 15 is 0 Å². The summed E-state index contributed by atoms with van der Waals surface area (Å²) < 4.78 is 6.02. The number of rotatable bonds is 3. The molecule has 1 aromatic carbocycles. The zero-order valence-corrected chi connectivity index (χ0v) is 16.3. The third-order valence-corrected chi connectivity index (χ3v) is 6.51. The summed E-state index contributed by atoms with van der Waals surface area (Å²) in [6, 6.07) is 5.88. The third-order valence-electron chi connectivity index (χ3n) is 5.77. The number of morpholine rings is 1. The Morgan fingerprint density at radius 2 is 1.96 bits per heavy atom. The van der Waals surface area contributed by atoms with Crippen LogP contribution < -0.4 is 5.32 Å². The fraction of sp³-hybridized carbons (Fsp3) is 0.632. The van der Waals surface area contributed by atoms with Crippen molar-refractivity contribution in [1.82, 2.24) is 15.1 Å². The molecule has 1 aromatic rings. The Morgan fingerprint density at radius 3 is 2.73 bits per heavy atom. The van der Waals surface area contributed by atoms with Crippen LogP contribution >= 0.6 is 23.2 Å². The molecule has 3 saturated heterocycles. The van der Waals surface area contributed by atoms with Gasteiger partial charge in [-0.15, -0.1) is 0 Å². The van der Waals surface area contributed by atoms with E-state index in [1.54, 1.807) is 12.1 Å². The second kappa shape index (κ2) is 8.03. The van der Waals surface area contributed by atoms with Gasteiger partial charge in [-0.2, -0.15) is 0 Å². The fourth-order valence-electron chi connectivity index (χ4n) is 4.52. The second-order valence-electron chi connectivity index (χ2n) is 7.38. The Balaban J connectivity index is 1.52. The summed E-state index contributed by atoms with van der Waals surface area (Å²) in [5, 5.41) is 4.51. The molecular weight excluding hydrogens is 373 g/mol. The molecule has 7 heteroatoms. The molecule has 0 saturated carbocycles. The Hall–Kier alpha value is -0.850. The Kier molecular flexibility index (Phi) is 5.72. The standard InChI is InChI=1S/C19H25Cl2N3O2/c20-14-4-3-13(9-15(14)21)10-18(25)24-7-8-26-17-12-22-11-16(19(17)24)23-5-1-2-6-23/h3-4,9,16-17,19,22H,1-2,5-8,10-12H2. The molecule has 1 amide bonds. The molecule has 0 bridgehead atoms. The van der Waals surface area contributed by atoms with Crippen LogP contribution in [-0.2, 0) is 16.0 Å². The minimum absolute atomic E-state index is 0.0702. The Bertz CT molecular complexity index is 664. The average molecular weight is 398 g/mol. The van der Waals surface area contributed by atoms with Gasteiger partial charge < -0.3 is 15.0 Å². The van der Waals surface area contributed by atoms with Crippen LogP contribution in [0.15, 0.2) is 18.2 Å². The van der Waals surface area contributed by atoms with Crippen molar-refractivity contribution in [3.05, 3.63) is 33.8 Å². The molecule has 4 rings (SSSR count). The van der Waals surface area contributed by atoms with Crippen LogP contribution in [0.4, 0.5) is 0 Å². The average Bonchev–Trinajstić information content (AvgIpc) is 3.18. The number of likely N-dealkylation sites (tertiary alicyclic amines) is 1. The maximum atomic E-state index is 13.1. The number of nitrogens with one attached hydrogen (secondary N) is 1. The zero-order valence-electron chi connectivity index (χ0n) is 14.8. The molecule has 26 heavy (non-hydrogen) atoms. The maximum Gasteiger partial charge on any atom is 0.227 e. The van der Waals surface area contributed by atoms with E-state index in [4.69, 9.17) is 27.9 Å². The van der Waals surface area contributed by atoms with Crippen LogP contribution in [0.3, 0.4) is 0 Å². The normalized spacial score (nSPS) is 29.6. The molecule has 3 fully saturated rings. The van der Waals surface area contributed by atoms with Crippen molar-refractivity contribution in [2.24, 2.45) is 0 Å². The smallest absolute Gasteiger partial charge is 0.227 e. The van der Waals surface area contributed by atoms with E-state index in [-0.39, 0.29) is 18.1 Å². The van der Waals surface area contributed by atoms with Crippen molar-refractivity contribution >= 4 is 29.1 Å². The second-order valence-corrected chi connectivity index (χ2v) is 8.20. The highest BCUT2D eigenvalue weighted by Gasteiger charge is 2.45. The van der Waals surface area contributed by atoms with Gasteiger partial charge in [0.25, 0.3) is 0 Å². The summed E-state index contributed by atoms with van der Waals surface area (Å²) in [4.78, 5) is 17.7. The van der Waals surface area contributed by atoms with Crippen molar-refractivity contribution < 1.29 is 9.53 Å². The topological polar surface area (TPSA) is 44.8 Å². The quantitative estimate of drug-likeness (QED) is 0.848. The number of benzene rings is 1. The van der Waals surface area contributed by atoms with Crippen LogP contribution in [0, 0.1) is 0 Å². The van der Waals surface area contributed by atoms with Gasteiger partial charge in [0.2, 0.25) is 5.91 Å². The van der Waals surface area contributed by atoms with Gasteiger partial charge in [0.1, 0.15) is 0 Å². The van der Waals surface area contributed by atoms with E-state index in [2.05, 4.69) is 15.1 Å². The fourth-order valence-corrected chi connectivity index (χ4v) is 4.84. The first kappa shape index (κ1) is 18.5. The first-order valence-corrected chi connectivity index (χ1v) is 10.2. The lowest BCUT2D eigenvalue weighted by molar-refractivity contribution is -0.153. The molecule has 0 radical (unpaired) electrons. The van der Waals surface area contributed by atoms with Gasteiger partial charge in [-0.3, -0.25) is 9.69 Å². The van der Waals surface area contributed by atoms with E-state index in [1.807, 2.05) is 6.07 Å². The van der Waals surface area contributed by atoms with Crippen LogP contribution in [-0.4, -0.2) is 73.2 Å². The number of hydrogen-bond acceptors (Lipinski definition) is 4. The first-order valence-electron chi connectivity index (χ1n) is 9.43. The maximum absolute atomic E-state index is 13.1. The molecule has 3 unspecified atom stereocenters. The van der Waals surface area contributed by atoms with Crippen molar-refractivity contribution in [3.8, 4) is 0 Å². The molecule has 3 aliphatic heterocycles. The van der Waals surface area contributed by atoms with Crippen molar-refractivity contribution in [2.75, 3.05) is 39.3 Å². The summed E-state index contributed by atoms with van der Waals surface area (Å²) in [5.41, 5.74) is 0.902. The predicted octanol–water partition coefficient (Wildman–Crippen LogP) is 2.20. The largest absolute Gasteiger partial charge is 0.373 e. The first-order chi connectivity index (χ1) is 12.6. The SMILES string of the molecule is O=C(Cc1ccc(Cl)c(Cl)c1)N1CCOC2CNCC(N3CCCC3)C21. The lowest BCUT2D eigenvalue weighted by atomic mass is 9.93. The van der Waals surface area contributed by atoms with Gasteiger partial charge in [0.15, 0.2) is 0 Å². The molecule has 5 nitrogen and oxygen atoms in total. The Labute approximate surface area is 164 Å². The summed E-state index contributed by atoms with van der Waals surface area (Å²) in [6.45, 7) is 5.22. The number of amides is 1. The molecule has 0 aromatic heterocycles. The van der Waals surface area contributed by atoms with Gasteiger partial charge in [-0.25, -0.2) is 0 Å². The van der Waals surface area contributed by atoms with Gasteiger partial charge in [0.05, 0.1) is 35.2 Å². The van der Waals surface area contributed by atoms with E-state index in [0.29, 0.717) is 35.7 Å². The molecule has 142 valence electrons. The number of fused-ring (bicyclic) bond motifs is 1. The van der Waals surface area contributed by atoms with Crippen LogP contribution in [0.1, 0.15) is 18.4 Å². The van der Waals surface area contributed by atoms with Crippen LogP contribution in [0.5, 0.6) is 0 Å². The third kappa shape index (κ3) is 3.73. The molecule has 3 heterocycles. The van der Waals surface area contributed by atoms with Crippen LogP contribution in [0.2, 0.25) is 10.0 Å². The van der Waals surface area contributed by atoms with Crippen LogP contribution in [0.25, 0.3) is 0 Å². The highest BCUT2D eigenvalue weighted by atomic mass is 35.5. The number of ether oxygens (including phenoxy) is 1. The summed E-state index contributed by atoms with van der Waals surface area (Å²) in [5.74, 6) is 0.146. The minimum Gasteiger partial charge on any atom is -0.373 e. The molecule has 0 spiro atoms. The van der Waals surface area contributed by atoms with E-state index in [0.717, 1.165) is 31.7 Å². The van der Waals surface area contributed by atoms with E-state index in [9.17, 15) is 4.79 Å². The summed E-state index contributed by atoms with van der Waals surface area (Å²) >= 11 is 12.1. The number of nitrogens with zero attached hydrogens (tertiary/aromatic N) is 2. The number of hydrogen-bond donors (Lipinski definition) is 1. The zero-order chi connectivity index (χ0) is 18.1. The monoisotopic (exact) mass is 397 g/mol. The lowest BCUT2D eigenvalue weighted by Crippen LogP contribution is -2.69. The summed E-state index contributed by atoms with van der Waals surface area (Å²) in [7, 11) is 0. The molecule has 3 aliphatic rings. The molecule has 3 atom stereocenters. The van der Waals surface area contributed by atoms with Crippen molar-refractivity contribution in [2.45, 2.75) is 37.5 Å². The van der Waals surface area contributed by atoms with E-state index < -0.39 is 0 Å². The van der Waals surface area contributed by atoms with Crippen molar-refractivity contribution in [1.29, 1.82) is 0 Å². The minimum atomic E-state index is 0.0702. The molecular formula is C19H25Cl2N3O2. The highest BCUT2D eigenvalue weighted by Crippen LogP contribution is 2.28. The number of carbonyl (C=O) groups excluding carboxylic acids is 1. The number of halogens is 2. The van der Waals surface area contributed by atoms with Gasteiger partial charge in [0, 0.05) is 25.7 Å². The van der Waals surface area contributed by atoms with Gasteiger partial charge in [-0.05, 0) is 43.6 Å².